The molecule has 94 valence electrons. The van der Waals surface area contributed by atoms with Crippen molar-refractivity contribution in [2.24, 2.45) is 5.92 Å². The van der Waals surface area contributed by atoms with E-state index in [9.17, 15) is 4.79 Å². The van der Waals surface area contributed by atoms with E-state index in [1.807, 2.05) is 6.92 Å². The molecule has 0 aliphatic carbocycles. The monoisotopic (exact) mass is 244 g/mol. The van der Waals surface area contributed by atoms with Crippen LogP contribution in [0.4, 0.5) is 5.69 Å². The summed E-state index contributed by atoms with van der Waals surface area (Å²) in [5.74, 6) is 0.0182. The van der Waals surface area contributed by atoms with Gasteiger partial charge in [0.05, 0.1) is 30.3 Å². The third-order valence-corrected chi connectivity index (χ3v) is 3.26. The molecule has 0 aromatic heterocycles. The minimum atomic E-state index is -0.0550. The van der Waals surface area contributed by atoms with Gasteiger partial charge in [0.2, 0.25) is 5.91 Å². The molecular formula is C14H16N2O2. The summed E-state index contributed by atoms with van der Waals surface area (Å²) in [5, 5.41) is 8.73. The maximum absolute atomic E-state index is 12.2. The van der Waals surface area contributed by atoms with Gasteiger partial charge in [0.25, 0.3) is 0 Å². The average molecular weight is 244 g/mol. The third kappa shape index (κ3) is 2.52. The van der Waals surface area contributed by atoms with E-state index in [0.29, 0.717) is 12.2 Å². The van der Waals surface area contributed by atoms with Crippen LogP contribution in [-0.2, 0) is 9.53 Å². The Bertz CT molecular complexity index is 476. The number of anilines is 1. The van der Waals surface area contributed by atoms with Crippen LogP contribution in [0, 0.1) is 17.2 Å². The Morgan fingerprint density at radius 1 is 1.44 bits per heavy atom. The van der Waals surface area contributed by atoms with Gasteiger partial charge in [0.15, 0.2) is 0 Å². The molecule has 4 heteroatoms. The van der Waals surface area contributed by atoms with E-state index in [4.69, 9.17) is 10.00 Å². The smallest absolute Gasteiger partial charge is 0.232 e. The Hall–Kier alpha value is -1.86. The predicted octanol–water partition coefficient (Wildman–Crippen LogP) is 1.95. The number of benzene rings is 1. The minimum absolute atomic E-state index is 0.0550. The summed E-state index contributed by atoms with van der Waals surface area (Å²) in [5.41, 5.74) is 1.40. The zero-order chi connectivity index (χ0) is 13.1. The summed E-state index contributed by atoms with van der Waals surface area (Å²) >= 11 is 0. The number of rotatable bonds is 2. The molecule has 1 aromatic carbocycles. The number of nitrogens with zero attached hydrogens (tertiary/aromatic N) is 2. The zero-order valence-corrected chi connectivity index (χ0v) is 10.6. The second kappa shape index (κ2) is 5.19. The highest BCUT2D eigenvalue weighted by Gasteiger charge is 2.30. The van der Waals surface area contributed by atoms with Gasteiger partial charge in [-0.1, -0.05) is 0 Å². The van der Waals surface area contributed by atoms with Crippen LogP contribution in [0.1, 0.15) is 18.9 Å². The van der Waals surface area contributed by atoms with Crippen LogP contribution in [-0.4, -0.2) is 25.7 Å². The molecule has 2 rings (SSSR count). The highest BCUT2D eigenvalue weighted by atomic mass is 16.5. The maximum Gasteiger partial charge on any atom is 0.232 e. The lowest BCUT2D eigenvalue weighted by Crippen LogP contribution is -2.33. The highest BCUT2D eigenvalue weighted by Crippen LogP contribution is 2.23. The van der Waals surface area contributed by atoms with Gasteiger partial charge in [-0.15, -0.1) is 0 Å². The summed E-state index contributed by atoms with van der Waals surface area (Å²) in [6.45, 7) is 2.48. The molecule has 1 aliphatic heterocycles. The lowest BCUT2D eigenvalue weighted by molar-refractivity contribution is -0.122. The standard InChI is InChI=1S/C14H16N2O2/c1-10-7-12(9-18-10)14(17)16(2)13-5-3-11(8-15)4-6-13/h3-6,10,12H,7,9H2,1-2H3. The van der Waals surface area contributed by atoms with Crippen LogP contribution < -0.4 is 4.90 Å². The van der Waals surface area contributed by atoms with Crippen LogP contribution in [0.2, 0.25) is 0 Å². The number of ether oxygens (including phenoxy) is 1. The Morgan fingerprint density at radius 2 is 2.11 bits per heavy atom. The molecule has 4 nitrogen and oxygen atoms in total. The molecule has 1 saturated heterocycles. The second-order valence-corrected chi connectivity index (χ2v) is 4.63. The van der Waals surface area contributed by atoms with Crippen molar-refractivity contribution in [3.05, 3.63) is 29.8 Å². The first kappa shape index (κ1) is 12.6. The molecule has 0 saturated carbocycles. The third-order valence-electron chi connectivity index (χ3n) is 3.26. The summed E-state index contributed by atoms with van der Waals surface area (Å²) in [7, 11) is 1.76. The fourth-order valence-corrected chi connectivity index (χ4v) is 2.15. The van der Waals surface area contributed by atoms with Crippen molar-refractivity contribution in [2.45, 2.75) is 19.4 Å². The number of hydrogen-bond acceptors (Lipinski definition) is 3. The first-order valence-electron chi connectivity index (χ1n) is 6.01. The van der Waals surface area contributed by atoms with E-state index in [-0.39, 0.29) is 17.9 Å². The predicted molar refractivity (Wildman–Crippen MR) is 68.1 cm³/mol. The van der Waals surface area contributed by atoms with Gasteiger partial charge in [-0.2, -0.15) is 5.26 Å². The summed E-state index contributed by atoms with van der Waals surface area (Å²) in [4.78, 5) is 13.9. The van der Waals surface area contributed by atoms with Gasteiger partial charge in [-0.05, 0) is 37.6 Å². The van der Waals surface area contributed by atoms with E-state index >= 15 is 0 Å². The first-order chi connectivity index (χ1) is 8.61. The van der Waals surface area contributed by atoms with Crippen LogP contribution in [0.3, 0.4) is 0 Å². The SMILES string of the molecule is CC1CC(C(=O)N(C)c2ccc(C#N)cc2)CO1. The van der Waals surface area contributed by atoms with Gasteiger partial charge in [-0.3, -0.25) is 4.79 Å². The van der Waals surface area contributed by atoms with Crippen molar-refractivity contribution in [1.29, 1.82) is 5.26 Å². The Balaban J connectivity index is 2.08. The fourth-order valence-electron chi connectivity index (χ4n) is 2.15. The highest BCUT2D eigenvalue weighted by molar-refractivity contribution is 5.94. The van der Waals surface area contributed by atoms with Crippen molar-refractivity contribution in [2.75, 3.05) is 18.6 Å². The van der Waals surface area contributed by atoms with E-state index in [1.54, 1.807) is 36.2 Å². The van der Waals surface area contributed by atoms with Gasteiger partial charge >= 0.3 is 0 Å². The molecular weight excluding hydrogens is 228 g/mol. The molecule has 18 heavy (non-hydrogen) atoms. The van der Waals surface area contributed by atoms with Crippen molar-refractivity contribution in [3.8, 4) is 6.07 Å². The van der Waals surface area contributed by atoms with Gasteiger partial charge in [-0.25, -0.2) is 0 Å². The quantitative estimate of drug-likeness (QED) is 0.799. The average Bonchev–Trinajstić information content (AvgIpc) is 2.84. The van der Waals surface area contributed by atoms with Crippen LogP contribution >= 0.6 is 0 Å². The topological polar surface area (TPSA) is 53.3 Å². The van der Waals surface area contributed by atoms with E-state index in [2.05, 4.69) is 6.07 Å². The van der Waals surface area contributed by atoms with Crippen molar-refractivity contribution >= 4 is 11.6 Å². The Kier molecular flexibility index (Phi) is 3.63. The molecule has 1 fully saturated rings. The fraction of sp³-hybridized carbons (Fsp3) is 0.429. The van der Waals surface area contributed by atoms with Crippen molar-refractivity contribution in [1.82, 2.24) is 0 Å². The molecule has 1 amide bonds. The number of carbonyl (C=O) groups excluding carboxylic acids is 1. The van der Waals surface area contributed by atoms with Crippen molar-refractivity contribution in [3.63, 3.8) is 0 Å². The maximum atomic E-state index is 12.2. The van der Waals surface area contributed by atoms with E-state index in [1.165, 1.54) is 0 Å². The molecule has 2 unspecified atom stereocenters. The molecule has 1 aromatic rings. The molecule has 0 bridgehead atoms. The van der Waals surface area contributed by atoms with Crippen molar-refractivity contribution < 1.29 is 9.53 Å². The molecule has 1 aliphatic rings. The summed E-state index contributed by atoms with van der Waals surface area (Å²) in [6.07, 6.45) is 0.938. The van der Waals surface area contributed by atoms with E-state index in [0.717, 1.165) is 12.1 Å². The van der Waals surface area contributed by atoms with Crippen LogP contribution in [0.5, 0.6) is 0 Å². The number of carbonyl (C=O) groups is 1. The largest absolute Gasteiger partial charge is 0.378 e. The van der Waals surface area contributed by atoms with E-state index < -0.39 is 0 Å². The summed E-state index contributed by atoms with van der Waals surface area (Å²) in [6, 6.07) is 9.06. The molecule has 1 heterocycles. The molecule has 0 radical (unpaired) electrons. The number of amides is 1. The Labute approximate surface area is 107 Å². The summed E-state index contributed by atoms with van der Waals surface area (Å²) < 4.78 is 5.42. The molecule has 2 atom stereocenters. The number of hydrogen-bond donors (Lipinski definition) is 0. The normalized spacial score (nSPS) is 22.5. The van der Waals surface area contributed by atoms with Gasteiger partial charge in [0.1, 0.15) is 0 Å². The molecule has 0 spiro atoms. The number of nitriles is 1. The second-order valence-electron chi connectivity index (χ2n) is 4.63. The molecule has 0 N–H and O–H groups in total. The van der Waals surface area contributed by atoms with Gasteiger partial charge in [0, 0.05) is 12.7 Å². The van der Waals surface area contributed by atoms with Gasteiger partial charge < -0.3 is 9.64 Å². The minimum Gasteiger partial charge on any atom is -0.378 e. The lowest BCUT2D eigenvalue weighted by Gasteiger charge is -2.20. The van der Waals surface area contributed by atoms with Crippen LogP contribution in [0.15, 0.2) is 24.3 Å². The first-order valence-corrected chi connectivity index (χ1v) is 6.01. The Morgan fingerprint density at radius 3 is 2.61 bits per heavy atom. The zero-order valence-electron chi connectivity index (χ0n) is 10.6. The van der Waals surface area contributed by atoms with Crippen LogP contribution in [0.25, 0.3) is 0 Å². The lowest BCUT2D eigenvalue weighted by atomic mass is 10.0.